The van der Waals surface area contributed by atoms with Gasteiger partial charge < -0.3 is 249 Å². The number of hydrogen-bond donors (Lipinski definition) is 31. The van der Waals surface area contributed by atoms with E-state index in [4.69, 9.17) is 107 Å². The quantitative estimate of drug-likeness (QED) is 0.0199. The zero-order valence-electron chi connectivity index (χ0n) is 68.2. The molecule has 0 radical (unpaired) electrons. The minimum atomic E-state index is -2.05. The summed E-state index contributed by atoms with van der Waals surface area (Å²) < 4.78 is 113. The summed E-state index contributed by atoms with van der Waals surface area (Å²) in [7, 11) is 0. The number of halogens is 1. The van der Waals surface area contributed by atoms with Gasteiger partial charge in [-0.05, 0) is 0 Å². The van der Waals surface area contributed by atoms with Gasteiger partial charge in [0.1, 0.15) is 195 Å². The third-order valence-corrected chi connectivity index (χ3v) is 22.0. The fourth-order valence-corrected chi connectivity index (χ4v) is 14.3. The first-order valence-corrected chi connectivity index (χ1v) is 41.1. The number of nitrogens with one attached hydrogen (secondary N) is 4. The van der Waals surface area contributed by atoms with Gasteiger partial charge >= 0.3 is 0 Å². The van der Waals surface area contributed by atoms with Gasteiger partial charge in [0.15, 0.2) is 50.3 Å². The van der Waals surface area contributed by atoms with Gasteiger partial charge in [-0.25, -0.2) is 0 Å². The van der Waals surface area contributed by atoms with Crippen LogP contribution in [0.2, 0.25) is 0 Å². The van der Waals surface area contributed by atoms with Crippen molar-refractivity contribution in [3.63, 3.8) is 0 Å². The molecule has 40 atom stereocenters. The number of carbonyl (C=O) groups excluding carboxylic acids is 4. The van der Waals surface area contributed by atoms with Crippen LogP contribution in [0.3, 0.4) is 0 Å². The summed E-state index contributed by atoms with van der Waals surface area (Å²) in [6.45, 7) is -11.7. The first kappa shape index (κ1) is 109. The number of aliphatic hydroxyl groups is 27. The molecule has 0 aromatic carbocycles. The summed E-state index contributed by atoms with van der Waals surface area (Å²) in [4.78, 5) is 54.2. The molecular formula is C71H123ClN4O51. The SMILES string of the molecule is O=C(CCOCC(COCCC(=O)NCCO[C@H]1O[C@H](CO[C@H]2O[C@H](CO)[C@@H](O)[C@H](O)[C@@H]2O)[C@@H](O)[C@H](O)[C@@H]1O)(COCCC(=O)NCCO[C@H]1O[C@H](CO[C@H]2O[C@H](CO)[C@@H](O)[C@H](O)[C@@H]2O)[C@@H](O)[C@H](O[C@H]2O[C@H](CO)[C@@H](O)[C@H](O)[C@@H]2O)[C@@H]1O)COCCC(=O)NCCO[C@H]1O[C@H](CO[C@H]2O[C@H](CO)[C@@H](O)[C@H](O)[C@@H]2O)[C@@H](O)[C@H](O[C@H]2O[C@H](CO)[C@@H](O)[C@H](O)[C@@H]2O)[C@@H]1O)NCl. The van der Waals surface area contributed by atoms with Gasteiger partial charge in [-0.2, -0.15) is 0 Å². The molecule has 8 aliphatic rings. The molecule has 0 bridgehead atoms. The van der Waals surface area contributed by atoms with Crippen LogP contribution in [0.4, 0.5) is 0 Å². The molecular weight excluding hydrogens is 1760 g/mol. The Balaban J connectivity index is 0.884. The summed E-state index contributed by atoms with van der Waals surface area (Å²) in [5.41, 5.74) is -1.46. The number of amides is 4. The minimum absolute atomic E-state index is 0.260. The molecule has 8 heterocycles. The molecule has 0 aromatic heterocycles. The Bertz CT molecular complexity index is 3050. The van der Waals surface area contributed by atoms with E-state index >= 15 is 0 Å². The van der Waals surface area contributed by atoms with E-state index < -0.39 is 373 Å². The molecule has 4 amide bonds. The highest BCUT2D eigenvalue weighted by molar-refractivity contribution is 6.21. The van der Waals surface area contributed by atoms with E-state index in [-0.39, 0.29) is 72.1 Å². The van der Waals surface area contributed by atoms with E-state index in [1.165, 1.54) is 0 Å². The molecule has 8 fully saturated rings. The molecule has 0 saturated carbocycles. The van der Waals surface area contributed by atoms with Crippen molar-refractivity contribution in [3.05, 3.63) is 0 Å². The van der Waals surface area contributed by atoms with Crippen LogP contribution in [-0.4, -0.2) is 552 Å². The van der Waals surface area contributed by atoms with E-state index in [9.17, 15) is 157 Å². The van der Waals surface area contributed by atoms with E-state index in [0.29, 0.717) is 0 Å². The van der Waals surface area contributed by atoms with Crippen molar-refractivity contribution in [2.24, 2.45) is 5.41 Å². The number of aliphatic hydroxyl groups excluding tert-OH is 27. The number of ether oxygens (including phenoxy) is 20. The van der Waals surface area contributed by atoms with Crippen LogP contribution in [0.5, 0.6) is 0 Å². The van der Waals surface area contributed by atoms with Gasteiger partial charge in [0.2, 0.25) is 23.6 Å². The van der Waals surface area contributed by atoms with Crippen molar-refractivity contribution in [2.75, 3.05) is 145 Å². The lowest BCUT2D eigenvalue weighted by Crippen LogP contribution is -2.65. The predicted octanol–water partition coefficient (Wildman–Crippen LogP) is -20.2. The van der Waals surface area contributed by atoms with Gasteiger partial charge in [-0.15, -0.1) is 0 Å². The lowest BCUT2D eigenvalue weighted by atomic mass is 9.92. The summed E-state index contributed by atoms with van der Waals surface area (Å²) in [5.74, 6) is -2.68. The average molecular weight is 1880 g/mol. The van der Waals surface area contributed by atoms with Crippen LogP contribution in [0.1, 0.15) is 25.7 Å². The fourth-order valence-electron chi connectivity index (χ4n) is 14.2. The molecule has 127 heavy (non-hydrogen) atoms. The van der Waals surface area contributed by atoms with Crippen LogP contribution < -0.4 is 20.8 Å². The maximum atomic E-state index is 13.4. The van der Waals surface area contributed by atoms with Gasteiger partial charge in [0.25, 0.3) is 0 Å². The molecule has 56 heteroatoms. The van der Waals surface area contributed by atoms with Crippen LogP contribution in [0, 0.1) is 5.41 Å². The Hall–Kier alpha value is -3.71. The maximum Gasteiger partial charge on any atom is 0.236 e. The predicted molar refractivity (Wildman–Crippen MR) is 400 cm³/mol. The number of carbonyl (C=O) groups is 4. The molecule has 0 aromatic rings. The van der Waals surface area contributed by atoms with Crippen LogP contribution in [-0.2, 0) is 114 Å². The summed E-state index contributed by atoms with van der Waals surface area (Å²) in [6.07, 6.45) is -73.5. The van der Waals surface area contributed by atoms with E-state index in [2.05, 4.69) is 16.0 Å². The maximum absolute atomic E-state index is 13.4. The topological polar surface area (TPSA) is 847 Å². The van der Waals surface area contributed by atoms with Crippen molar-refractivity contribution in [1.82, 2.24) is 20.8 Å². The molecule has 55 nitrogen and oxygen atoms in total. The fraction of sp³-hybridized carbons (Fsp3) is 0.944. The molecule has 8 aliphatic heterocycles. The second-order valence-corrected chi connectivity index (χ2v) is 31.3. The van der Waals surface area contributed by atoms with E-state index in [1.807, 2.05) is 4.84 Å². The van der Waals surface area contributed by atoms with Crippen LogP contribution >= 0.6 is 11.8 Å². The zero-order chi connectivity index (χ0) is 93.3. The lowest BCUT2D eigenvalue weighted by Gasteiger charge is -2.46. The Morgan fingerprint density at radius 2 is 0.465 bits per heavy atom. The zero-order valence-corrected chi connectivity index (χ0v) is 69.0. The molecule has 8 rings (SSSR count). The molecule has 0 spiro atoms. The third-order valence-electron chi connectivity index (χ3n) is 21.8. The molecule has 31 N–H and O–H groups in total. The van der Waals surface area contributed by atoms with Crippen molar-refractivity contribution < 1.29 is 252 Å². The average Bonchev–Trinajstić information content (AvgIpc) is 0.781. The molecule has 740 valence electrons. The second-order valence-electron chi connectivity index (χ2n) is 31.1. The van der Waals surface area contributed by atoms with Crippen LogP contribution in [0.25, 0.3) is 0 Å². The highest BCUT2D eigenvalue weighted by atomic mass is 35.5. The highest BCUT2D eigenvalue weighted by Gasteiger charge is 2.56. The smallest absolute Gasteiger partial charge is 0.236 e. The molecule has 8 saturated heterocycles. The Morgan fingerprint density at radius 3 is 0.724 bits per heavy atom. The van der Waals surface area contributed by atoms with Gasteiger partial charge in [-0.3, -0.25) is 24.0 Å². The van der Waals surface area contributed by atoms with E-state index in [1.54, 1.807) is 0 Å². The summed E-state index contributed by atoms with van der Waals surface area (Å²) >= 11 is 5.51. The van der Waals surface area contributed by atoms with Gasteiger partial charge in [-0.1, -0.05) is 0 Å². The monoisotopic (exact) mass is 1880 g/mol. The number of hydrogen-bond acceptors (Lipinski definition) is 51. The summed E-state index contributed by atoms with van der Waals surface area (Å²) in [5, 5.41) is 291. The minimum Gasteiger partial charge on any atom is -0.394 e. The van der Waals surface area contributed by atoms with Crippen molar-refractivity contribution in [3.8, 4) is 0 Å². The Kier molecular flexibility index (Phi) is 45.3. The van der Waals surface area contributed by atoms with E-state index in [0.717, 1.165) is 0 Å². The lowest BCUT2D eigenvalue weighted by molar-refractivity contribution is -0.366. The largest absolute Gasteiger partial charge is 0.394 e. The van der Waals surface area contributed by atoms with Gasteiger partial charge in [0, 0.05) is 50.7 Å². The number of rotatable bonds is 50. The van der Waals surface area contributed by atoms with Crippen LogP contribution in [0.15, 0.2) is 0 Å². The third kappa shape index (κ3) is 29.7. The molecule has 0 aliphatic carbocycles. The first-order valence-electron chi connectivity index (χ1n) is 40.8. The van der Waals surface area contributed by atoms with Gasteiger partial charge in [0.05, 0.1) is 137 Å². The first-order chi connectivity index (χ1) is 60.5. The van der Waals surface area contributed by atoms with Crippen molar-refractivity contribution in [2.45, 2.75) is 271 Å². The van der Waals surface area contributed by atoms with Crippen molar-refractivity contribution in [1.29, 1.82) is 0 Å². The summed E-state index contributed by atoms with van der Waals surface area (Å²) in [6, 6.07) is 0. The normalized spacial score (nSPS) is 41.0. The highest BCUT2D eigenvalue weighted by Crippen LogP contribution is 2.36. The van der Waals surface area contributed by atoms with Crippen molar-refractivity contribution >= 4 is 35.4 Å². The molecule has 0 unspecified atom stereocenters. The standard InChI is InChI=1S/C71H123ClN4O51/c72-76-38(85)4-11-111-26-71(23-108-8-1-35(82)73-5-12-112-63-53(100)52(99)44(91)32(123-63)20-115-64-54(101)47(94)39(86)27(15-77)118-64,24-109-9-2-36(83)74-6-13-113-67-59(106)61(126-69-57(104)50(97)42(89)30(18-80)121-69)45(92)33(124-67)21-116-65-55(102)48(95)40(87)28(16-78)119-65)25-110-10-3-37(84)75-7-14-114-68-60(107)62(127-70-58(105)51(98)43(90)31(19-81)122-70)46(93)34(125-68)22-117-66-56(103)49(96)41(88)29(17-79)120-66/h27-34,39-70,77-81,86-107H,1-26H2,(H,73,82)(H,74,83)(H,75,84)(H,76,85)/t27-,28-,29-,30-,31-,32-,33-,34-,39-,40-,41-,42-,43-,44-,45-,46-,47+,48+,49+,50+,51+,52+,53+,54+,55+,56+,57+,58+,59+,60+,61+,62+,63+,64+,65+,66+,67+,68+,69-,70-/m1/s1. The second kappa shape index (κ2) is 53.0. The Labute approximate surface area is 727 Å². The Morgan fingerprint density at radius 1 is 0.252 bits per heavy atom.